The molecule has 2 amide bonds. The summed E-state index contributed by atoms with van der Waals surface area (Å²) in [5.74, 6) is -2.10. The van der Waals surface area contributed by atoms with E-state index in [2.05, 4.69) is 15.4 Å². The quantitative estimate of drug-likeness (QED) is 0.356. The first-order valence-electron chi connectivity index (χ1n) is 13.7. The Kier molecular flexibility index (Phi) is 7.12. The lowest BCUT2D eigenvalue weighted by atomic mass is 10.0. The number of amides is 2. The maximum Gasteiger partial charge on any atom is 0.410 e. The van der Waals surface area contributed by atoms with Gasteiger partial charge < -0.3 is 19.4 Å². The molecule has 12 heteroatoms. The summed E-state index contributed by atoms with van der Waals surface area (Å²) in [6.45, 7) is 14.3. The third-order valence-corrected chi connectivity index (χ3v) is 7.08. The van der Waals surface area contributed by atoms with E-state index < -0.39 is 23.1 Å². The predicted molar refractivity (Wildman–Crippen MR) is 152 cm³/mol. The smallest absolute Gasteiger partial charge is 0.410 e. The number of halogens is 2. The zero-order valence-electron chi connectivity index (χ0n) is 24.3. The van der Waals surface area contributed by atoms with Gasteiger partial charge in [0, 0.05) is 49.7 Å². The average molecular weight is 568 g/mol. The number of ether oxygens (including phenoxy) is 1. The largest absolute Gasteiger partial charge is 0.444 e. The molecule has 1 aliphatic rings. The van der Waals surface area contributed by atoms with Gasteiger partial charge in [-0.05, 0) is 54.5 Å². The lowest BCUT2D eigenvalue weighted by Gasteiger charge is -2.45. The minimum Gasteiger partial charge on any atom is -0.444 e. The number of rotatable bonds is 4. The van der Waals surface area contributed by atoms with E-state index in [1.807, 2.05) is 46.4 Å². The van der Waals surface area contributed by atoms with Crippen LogP contribution in [0.4, 0.5) is 25.0 Å². The second kappa shape index (κ2) is 10.3. The van der Waals surface area contributed by atoms with Crippen molar-refractivity contribution in [2.75, 3.05) is 23.3 Å². The third-order valence-electron chi connectivity index (χ3n) is 7.08. The minimum absolute atomic E-state index is 0.135. The lowest BCUT2D eigenvalue weighted by Crippen LogP contribution is -2.59. The van der Waals surface area contributed by atoms with Crippen LogP contribution in [-0.4, -0.2) is 66.8 Å². The molecular formula is C29H35F2N7O3. The van der Waals surface area contributed by atoms with Crippen LogP contribution < -0.4 is 10.2 Å². The molecule has 0 radical (unpaired) electrons. The number of imidazole rings is 1. The molecule has 1 fully saturated rings. The number of hydrogen-bond donors (Lipinski definition) is 1. The second-order valence-corrected chi connectivity index (χ2v) is 11.6. The lowest BCUT2D eigenvalue weighted by molar-refractivity contribution is 0.00566. The predicted octanol–water partition coefficient (Wildman–Crippen LogP) is 5.38. The molecule has 0 spiro atoms. The van der Waals surface area contributed by atoms with Gasteiger partial charge in [0.1, 0.15) is 22.5 Å². The number of benzene rings is 1. The molecule has 0 bridgehead atoms. The van der Waals surface area contributed by atoms with Crippen molar-refractivity contribution in [2.24, 2.45) is 0 Å². The number of aromatic nitrogens is 4. The zero-order chi connectivity index (χ0) is 29.8. The van der Waals surface area contributed by atoms with E-state index in [0.29, 0.717) is 36.4 Å². The van der Waals surface area contributed by atoms with E-state index >= 15 is 4.39 Å². The molecule has 2 atom stereocenters. The SMILES string of the molecule is CCn1cc2c(N3CC(C)N(C(=O)OC(C)(C)C)[C@@H](C)C3)cc(F)c(C(=O)Nc3cc(F)c4nc(C)cn4c3)c2n1. The van der Waals surface area contributed by atoms with Gasteiger partial charge in [0.25, 0.3) is 5.91 Å². The van der Waals surface area contributed by atoms with Crippen LogP contribution in [0.3, 0.4) is 0 Å². The Morgan fingerprint density at radius 3 is 2.39 bits per heavy atom. The fraction of sp³-hybridized carbons (Fsp3) is 0.448. The summed E-state index contributed by atoms with van der Waals surface area (Å²) in [4.78, 5) is 34.1. The maximum atomic E-state index is 15.8. The number of aryl methyl sites for hydroxylation is 2. The number of carbonyl (C=O) groups excluding carboxylic acids is 2. The number of anilines is 2. The number of piperazine rings is 1. The summed E-state index contributed by atoms with van der Waals surface area (Å²) in [6, 6.07) is 2.06. The molecule has 1 saturated heterocycles. The maximum absolute atomic E-state index is 15.8. The first-order chi connectivity index (χ1) is 19.3. The van der Waals surface area contributed by atoms with E-state index in [0.717, 1.165) is 6.07 Å². The highest BCUT2D eigenvalue weighted by Crippen LogP contribution is 2.34. The monoisotopic (exact) mass is 567 g/mol. The minimum atomic E-state index is -0.749. The Hall–Kier alpha value is -4.22. The molecule has 3 aromatic heterocycles. The van der Waals surface area contributed by atoms with Crippen LogP contribution in [0.15, 0.2) is 30.7 Å². The van der Waals surface area contributed by atoms with E-state index in [9.17, 15) is 14.0 Å². The van der Waals surface area contributed by atoms with Crippen LogP contribution in [0.25, 0.3) is 16.6 Å². The molecule has 4 aromatic rings. The van der Waals surface area contributed by atoms with Gasteiger partial charge in [0.15, 0.2) is 11.5 Å². The summed E-state index contributed by atoms with van der Waals surface area (Å²) in [5, 5.41) is 7.75. The summed E-state index contributed by atoms with van der Waals surface area (Å²) in [5.41, 5.74) is 0.846. The van der Waals surface area contributed by atoms with E-state index in [-0.39, 0.29) is 40.6 Å². The first kappa shape index (κ1) is 28.3. The zero-order valence-corrected chi connectivity index (χ0v) is 24.3. The Morgan fingerprint density at radius 2 is 1.76 bits per heavy atom. The highest BCUT2D eigenvalue weighted by Gasteiger charge is 2.37. The summed E-state index contributed by atoms with van der Waals surface area (Å²) < 4.78 is 39.2. The van der Waals surface area contributed by atoms with Gasteiger partial charge in [-0.2, -0.15) is 5.10 Å². The van der Waals surface area contributed by atoms with Crippen LogP contribution in [0.1, 0.15) is 57.6 Å². The van der Waals surface area contributed by atoms with Gasteiger partial charge in [-0.25, -0.2) is 18.6 Å². The highest BCUT2D eigenvalue weighted by atomic mass is 19.1. The molecule has 4 heterocycles. The highest BCUT2D eigenvalue weighted by molar-refractivity contribution is 6.14. The normalized spacial score (nSPS) is 17.9. The second-order valence-electron chi connectivity index (χ2n) is 11.6. The van der Waals surface area contributed by atoms with Crippen LogP contribution in [0, 0.1) is 18.6 Å². The van der Waals surface area contributed by atoms with Gasteiger partial charge in [-0.3, -0.25) is 14.4 Å². The van der Waals surface area contributed by atoms with Crippen molar-refractivity contribution in [3.05, 3.63) is 53.6 Å². The van der Waals surface area contributed by atoms with Gasteiger partial charge in [-0.15, -0.1) is 0 Å². The Bertz CT molecular complexity index is 1640. The molecule has 5 rings (SSSR count). The van der Waals surface area contributed by atoms with Gasteiger partial charge in [0.05, 0.1) is 29.2 Å². The molecule has 0 saturated carbocycles. The number of hydrogen-bond acceptors (Lipinski definition) is 6. The summed E-state index contributed by atoms with van der Waals surface area (Å²) in [6.07, 6.45) is 4.56. The number of carbonyl (C=O) groups is 2. The van der Waals surface area contributed by atoms with Crippen molar-refractivity contribution in [1.82, 2.24) is 24.1 Å². The molecule has 1 unspecified atom stereocenters. The number of fused-ring (bicyclic) bond motifs is 2. The van der Waals surface area contributed by atoms with Crippen molar-refractivity contribution in [2.45, 2.75) is 72.7 Å². The van der Waals surface area contributed by atoms with Gasteiger partial charge in [0.2, 0.25) is 0 Å². The fourth-order valence-electron chi connectivity index (χ4n) is 5.45. The van der Waals surface area contributed by atoms with Gasteiger partial charge in [-0.1, -0.05) is 0 Å². The third kappa shape index (κ3) is 5.42. The van der Waals surface area contributed by atoms with Crippen molar-refractivity contribution in [1.29, 1.82) is 0 Å². The van der Waals surface area contributed by atoms with Crippen molar-refractivity contribution >= 4 is 39.9 Å². The molecule has 41 heavy (non-hydrogen) atoms. The average Bonchev–Trinajstić information content (AvgIpc) is 3.45. The number of pyridine rings is 1. The fourth-order valence-corrected chi connectivity index (χ4v) is 5.45. The van der Waals surface area contributed by atoms with Gasteiger partial charge >= 0.3 is 6.09 Å². The van der Waals surface area contributed by atoms with E-state index in [1.54, 1.807) is 28.9 Å². The summed E-state index contributed by atoms with van der Waals surface area (Å²) >= 11 is 0. The summed E-state index contributed by atoms with van der Waals surface area (Å²) in [7, 11) is 0. The topological polar surface area (TPSA) is 97.0 Å². The van der Waals surface area contributed by atoms with E-state index in [1.165, 1.54) is 16.7 Å². The Morgan fingerprint density at radius 1 is 1.07 bits per heavy atom. The van der Waals surface area contributed by atoms with Crippen molar-refractivity contribution in [3.8, 4) is 0 Å². The molecule has 218 valence electrons. The van der Waals surface area contributed by atoms with Crippen LogP contribution >= 0.6 is 0 Å². The molecule has 1 aromatic carbocycles. The molecule has 1 N–H and O–H groups in total. The van der Waals surface area contributed by atoms with E-state index in [4.69, 9.17) is 4.74 Å². The van der Waals surface area contributed by atoms with Crippen LogP contribution in [-0.2, 0) is 11.3 Å². The molecule has 10 nitrogen and oxygen atoms in total. The molecule has 0 aliphatic carbocycles. The number of nitrogens with zero attached hydrogens (tertiary/aromatic N) is 6. The molecule has 1 aliphatic heterocycles. The Labute approximate surface area is 236 Å². The van der Waals surface area contributed by atoms with Crippen LogP contribution in [0.2, 0.25) is 0 Å². The van der Waals surface area contributed by atoms with Crippen molar-refractivity contribution < 1.29 is 23.1 Å². The standard InChI is InChI=1S/C29H35F2N7O3/c1-8-37-15-20-23(35-12-17(3)38(18(4)13-35)28(40)41-29(5,6)7)10-21(30)24(25(20)34-37)27(39)33-19-9-22(31)26-32-16(2)11-36(26)14-19/h9-11,14-15,17-18H,8,12-13H2,1-7H3,(H,33,39)/t17-,18?/m0/s1. The molecular weight excluding hydrogens is 532 g/mol. The number of nitrogens with one attached hydrogen (secondary N) is 1. The Balaban J connectivity index is 1.48. The first-order valence-corrected chi connectivity index (χ1v) is 13.7. The van der Waals surface area contributed by atoms with Crippen molar-refractivity contribution in [3.63, 3.8) is 0 Å². The van der Waals surface area contributed by atoms with Crippen LogP contribution in [0.5, 0.6) is 0 Å².